The second kappa shape index (κ2) is 8.55. The molecule has 6 nitrogen and oxygen atoms in total. The van der Waals surface area contributed by atoms with Crippen LogP contribution in [0.1, 0.15) is 39.4 Å². The molecule has 1 N–H and O–H groups in total. The normalized spacial score (nSPS) is 10.4. The van der Waals surface area contributed by atoms with Gasteiger partial charge < -0.3 is 10.1 Å². The number of carbonyl (C=O) groups excluding carboxylic acids is 2. The number of aryl methyl sites for hydroxylation is 1. The van der Waals surface area contributed by atoms with Crippen molar-refractivity contribution in [3.8, 4) is 11.4 Å². The Morgan fingerprint density at radius 2 is 1.81 bits per heavy atom. The van der Waals surface area contributed by atoms with E-state index in [0.717, 1.165) is 16.9 Å². The molecule has 1 aromatic carbocycles. The molecule has 0 saturated carbocycles. The zero-order valence-electron chi connectivity index (χ0n) is 15.1. The van der Waals surface area contributed by atoms with E-state index in [-0.39, 0.29) is 12.5 Å². The van der Waals surface area contributed by atoms with Crippen LogP contribution in [0.5, 0.6) is 0 Å². The van der Waals surface area contributed by atoms with Crippen LogP contribution >= 0.6 is 11.3 Å². The molecular weight excluding hydrogens is 362 g/mol. The van der Waals surface area contributed by atoms with Gasteiger partial charge in [0, 0.05) is 22.8 Å². The molecule has 0 spiro atoms. The first-order valence-corrected chi connectivity index (χ1v) is 9.42. The molecule has 7 heteroatoms. The molecule has 27 heavy (non-hydrogen) atoms. The van der Waals surface area contributed by atoms with Crippen LogP contribution in [-0.2, 0) is 11.2 Å². The van der Waals surface area contributed by atoms with Gasteiger partial charge in [0.05, 0.1) is 17.7 Å². The van der Waals surface area contributed by atoms with Gasteiger partial charge in [-0.25, -0.2) is 14.8 Å². The fourth-order valence-corrected chi connectivity index (χ4v) is 3.41. The van der Waals surface area contributed by atoms with Gasteiger partial charge in [-0.2, -0.15) is 0 Å². The van der Waals surface area contributed by atoms with Crippen LogP contribution in [0.3, 0.4) is 0 Å². The van der Waals surface area contributed by atoms with Gasteiger partial charge in [-0.3, -0.25) is 4.79 Å². The van der Waals surface area contributed by atoms with Gasteiger partial charge in [-0.1, -0.05) is 37.3 Å². The predicted molar refractivity (Wildman–Crippen MR) is 105 cm³/mol. The number of thiophene rings is 1. The number of hydrogen-bond acceptors (Lipinski definition) is 6. The van der Waals surface area contributed by atoms with Gasteiger partial charge in [-0.15, -0.1) is 11.3 Å². The number of esters is 1. The standard InChI is InChI=1S/C20H19N3O3S/c1-3-15-10-16(20(25)26-4-2)19(27-15)23-18(24)14-11-21-17(22-12-14)13-8-6-5-7-9-13/h5-12H,3-4H2,1-2H3,(H,23,24). The first-order valence-electron chi connectivity index (χ1n) is 8.61. The molecule has 0 fully saturated rings. The summed E-state index contributed by atoms with van der Waals surface area (Å²) < 4.78 is 5.07. The Labute approximate surface area is 161 Å². The first kappa shape index (κ1) is 18.7. The summed E-state index contributed by atoms with van der Waals surface area (Å²) >= 11 is 1.36. The Morgan fingerprint density at radius 3 is 2.44 bits per heavy atom. The van der Waals surface area contributed by atoms with E-state index in [1.807, 2.05) is 37.3 Å². The number of ether oxygens (including phenoxy) is 1. The Morgan fingerprint density at radius 1 is 1.11 bits per heavy atom. The Bertz CT molecular complexity index is 937. The maximum absolute atomic E-state index is 12.6. The first-order chi connectivity index (χ1) is 13.1. The minimum Gasteiger partial charge on any atom is -0.462 e. The third kappa shape index (κ3) is 4.38. The Hall–Kier alpha value is -3.06. The minimum atomic E-state index is -0.445. The fraction of sp³-hybridized carbons (Fsp3) is 0.200. The number of nitrogens with one attached hydrogen (secondary N) is 1. The molecule has 0 atom stereocenters. The summed E-state index contributed by atoms with van der Waals surface area (Å²) in [6, 6.07) is 11.3. The number of hydrogen-bond donors (Lipinski definition) is 1. The molecule has 1 amide bonds. The summed E-state index contributed by atoms with van der Waals surface area (Å²) in [5, 5.41) is 3.25. The van der Waals surface area contributed by atoms with Crippen molar-refractivity contribution in [2.75, 3.05) is 11.9 Å². The number of nitrogens with zero attached hydrogens (tertiary/aromatic N) is 2. The van der Waals surface area contributed by atoms with E-state index < -0.39 is 5.97 Å². The molecule has 0 saturated heterocycles. The maximum Gasteiger partial charge on any atom is 0.341 e. The minimum absolute atomic E-state index is 0.276. The zero-order valence-corrected chi connectivity index (χ0v) is 15.9. The molecule has 3 aromatic rings. The van der Waals surface area contributed by atoms with E-state index in [9.17, 15) is 9.59 Å². The highest BCUT2D eigenvalue weighted by molar-refractivity contribution is 7.16. The average Bonchev–Trinajstić information content (AvgIpc) is 3.12. The predicted octanol–water partition coefficient (Wildman–Crippen LogP) is 4.20. The quantitative estimate of drug-likeness (QED) is 0.647. The number of anilines is 1. The van der Waals surface area contributed by atoms with Gasteiger partial charge in [0.15, 0.2) is 5.82 Å². The van der Waals surface area contributed by atoms with Crippen LogP contribution in [0, 0.1) is 0 Å². The van der Waals surface area contributed by atoms with Crippen LogP contribution in [0.15, 0.2) is 48.8 Å². The van der Waals surface area contributed by atoms with Gasteiger partial charge in [0.1, 0.15) is 5.00 Å². The zero-order chi connectivity index (χ0) is 19.2. The van der Waals surface area contributed by atoms with Gasteiger partial charge in [0.25, 0.3) is 5.91 Å². The molecule has 0 radical (unpaired) electrons. The van der Waals surface area contributed by atoms with E-state index in [2.05, 4.69) is 15.3 Å². The highest BCUT2D eigenvalue weighted by Gasteiger charge is 2.19. The lowest BCUT2D eigenvalue weighted by Crippen LogP contribution is -2.15. The molecule has 2 aromatic heterocycles. The van der Waals surface area contributed by atoms with Crippen molar-refractivity contribution in [3.05, 3.63) is 64.8 Å². The van der Waals surface area contributed by atoms with Crippen molar-refractivity contribution in [1.82, 2.24) is 9.97 Å². The summed E-state index contributed by atoms with van der Waals surface area (Å²) in [5.41, 5.74) is 1.56. The summed E-state index contributed by atoms with van der Waals surface area (Å²) in [6.45, 7) is 4.01. The number of aromatic nitrogens is 2. The molecule has 3 rings (SSSR count). The fourth-order valence-electron chi connectivity index (χ4n) is 2.43. The number of benzene rings is 1. The largest absolute Gasteiger partial charge is 0.462 e. The molecule has 0 aliphatic heterocycles. The molecule has 0 unspecified atom stereocenters. The lowest BCUT2D eigenvalue weighted by molar-refractivity contribution is 0.0528. The molecule has 0 aliphatic rings. The highest BCUT2D eigenvalue weighted by atomic mass is 32.1. The number of carbonyl (C=O) groups is 2. The number of amides is 1. The average molecular weight is 381 g/mol. The van der Waals surface area contributed by atoms with Crippen molar-refractivity contribution in [2.24, 2.45) is 0 Å². The summed E-state index contributed by atoms with van der Waals surface area (Å²) in [6.07, 6.45) is 3.72. The van der Waals surface area contributed by atoms with Crippen molar-refractivity contribution >= 4 is 28.2 Å². The molecule has 2 heterocycles. The van der Waals surface area contributed by atoms with E-state index in [1.165, 1.54) is 23.7 Å². The van der Waals surface area contributed by atoms with E-state index in [4.69, 9.17) is 4.74 Å². The lowest BCUT2D eigenvalue weighted by Gasteiger charge is -2.06. The molecule has 0 bridgehead atoms. The lowest BCUT2D eigenvalue weighted by atomic mass is 10.2. The van der Waals surface area contributed by atoms with Crippen LogP contribution < -0.4 is 5.32 Å². The Balaban J connectivity index is 1.79. The van der Waals surface area contributed by atoms with Crippen molar-refractivity contribution in [3.63, 3.8) is 0 Å². The van der Waals surface area contributed by atoms with Crippen LogP contribution in [0.4, 0.5) is 5.00 Å². The van der Waals surface area contributed by atoms with Crippen molar-refractivity contribution in [2.45, 2.75) is 20.3 Å². The smallest absolute Gasteiger partial charge is 0.341 e. The number of rotatable bonds is 6. The van der Waals surface area contributed by atoms with E-state index >= 15 is 0 Å². The molecule has 138 valence electrons. The van der Waals surface area contributed by atoms with E-state index in [1.54, 1.807) is 13.0 Å². The monoisotopic (exact) mass is 381 g/mol. The van der Waals surface area contributed by atoms with Crippen molar-refractivity contribution < 1.29 is 14.3 Å². The third-order valence-corrected chi connectivity index (χ3v) is 4.99. The summed E-state index contributed by atoms with van der Waals surface area (Å²) in [5.74, 6) is -0.271. The van der Waals surface area contributed by atoms with E-state index in [0.29, 0.717) is 22.0 Å². The molecular formula is C20H19N3O3S. The Kier molecular flexibility index (Phi) is 5.93. The van der Waals surface area contributed by atoms with Gasteiger partial charge in [0.2, 0.25) is 0 Å². The van der Waals surface area contributed by atoms with Crippen molar-refractivity contribution in [1.29, 1.82) is 0 Å². The van der Waals surface area contributed by atoms with Crippen LogP contribution in [0.25, 0.3) is 11.4 Å². The third-order valence-electron chi connectivity index (χ3n) is 3.80. The second-order valence-electron chi connectivity index (χ2n) is 5.65. The molecule has 0 aliphatic carbocycles. The maximum atomic E-state index is 12.6. The summed E-state index contributed by atoms with van der Waals surface area (Å²) in [4.78, 5) is 34.2. The van der Waals surface area contributed by atoms with Gasteiger partial charge in [-0.05, 0) is 19.4 Å². The van der Waals surface area contributed by atoms with Crippen LogP contribution in [0.2, 0.25) is 0 Å². The second-order valence-corrected chi connectivity index (χ2v) is 6.78. The highest BCUT2D eigenvalue weighted by Crippen LogP contribution is 2.29. The SMILES string of the molecule is CCOC(=O)c1cc(CC)sc1NC(=O)c1cnc(-c2ccccc2)nc1. The summed E-state index contributed by atoms with van der Waals surface area (Å²) in [7, 11) is 0. The van der Waals surface area contributed by atoms with Crippen LogP contribution in [-0.4, -0.2) is 28.5 Å². The van der Waals surface area contributed by atoms with Gasteiger partial charge >= 0.3 is 5.97 Å². The topological polar surface area (TPSA) is 81.2 Å².